The lowest BCUT2D eigenvalue weighted by molar-refractivity contribution is 0.209. The molecule has 1 unspecified atom stereocenters. The monoisotopic (exact) mass is 309 g/mol. The fourth-order valence-corrected chi connectivity index (χ4v) is 3.48. The number of hydrogen-bond acceptors (Lipinski definition) is 3. The van der Waals surface area contributed by atoms with Gasteiger partial charge in [0, 0.05) is 66.5 Å². The summed E-state index contributed by atoms with van der Waals surface area (Å²) in [5.41, 5.74) is 2.10. The number of aromatic amines is 1. The summed E-state index contributed by atoms with van der Waals surface area (Å²) in [5, 5.41) is 6.25. The van der Waals surface area contributed by atoms with Crippen molar-refractivity contribution in [2.75, 3.05) is 19.6 Å². The van der Waals surface area contributed by atoms with Crippen molar-refractivity contribution in [3.05, 3.63) is 36.4 Å². The highest BCUT2D eigenvalue weighted by molar-refractivity contribution is 6.06. The highest BCUT2D eigenvalue weighted by Gasteiger charge is 2.28. The lowest BCUT2D eigenvalue weighted by atomic mass is 9.94. The van der Waals surface area contributed by atoms with Gasteiger partial charge in [-0.3, -0.25) is 4.98 Å². The predicted molar refractivity (Wildman–Crippen MR) is 89.4 cm³/mol. The van der Waals surface area contributed by atoms with E-state index in [1.807, 2.05) is 36.6 Å². The Morgan fingerprint density at radius 1 is 1.43 bits per heavy atom. The van der Waals surface area contributed by atoms with Gasteiger partial charge in [-0.1, -0.05) is 0 Å². The van der Waals surface area contributed by atoms with Crippen LogP contribution in [0.15, 0.2) is 30.9 Å². The van der Waals surface area contributed by atoms with Crippen molar-refractivity contribution in [3.63, 3.8) is 0 Å². The molecule has 6 heteroatoms. The van der Waals surface area contributed by atoms with Crippen LogP contribution < -0.4 is 5.32 Å². The largest absolute Gasteiger partial charge is 0.346 e. The maximum absolute atomic E-state index is 12.0. The van der Waals surface area contributed by atoms with Crippen molar-refractivity contribution in [1.82, 2.24) is 25.2 Å². The second-order valence-electron chi connectivity index (χ2n) is 5.96. The van der Waals surface area contributed by atoms with Crippen LogP contribution in [0, 0.1) is 0 Å². The molecule has 118 valence electrons. The van der Waals surface area contributed by atoms with E-state index >= 15 is 0 Å². The number of rotatable bonds is 2. The first-order chi connectivity index (χ1) is 11.3. The Hall–Kier alpha value is -2.63. The van der Waals surface area contributed by atoms with Crippen LogP contribution in [0.25, 0.3) is 21.8 Å². The first kappa shape index (κ1) is 14.0. The second-order valence-corrected chi connectivity index (χ2v) is 5.96. The Morgan fingerprint density at radius 2 is 2.35 bits per heavy atom. The van der Waals surface area contributed by atoms with Gasteiger partial charge in [0.05, 0.1) is 0 Å². The average Bonchev–Trinajstić information content (AvgIpc) is 3.23. The summed E-state index contributed by atoms with van der Waals surface area (Å²) in [6.07, 6.45) is 8.54. The third-order valence-corrected chi connectivity index (χ3v) is 4.58. The number of aromatic nitrogens is 3. The van der Waals surface area contributed by atoms with Crippen molar-refractivity contribution in [3.8, 4) is 0 Å². The Balaban J connectivity index is 1.75. The smallest absolute Gasteiger partial charge is 0.317 e. The molecule has 4 heterocycles. The number of carbonyl (C=O) groups is 1. The van der Waals surface area contributed by atoms with E-state index in [0.29, 0.717) is 12.5 Å². The topological polar surface area (TPSA) is 73.9 Å². The number of fused-ring (bicyclic) bond motifs is 3. The normalized spacial score (nSPS) is 18.0. The molecular weight excluding hydrogens is 290 g/mol. The van der Waals surface area contributed by atoms with Gasteiger partial charge < -0.3 is 15.2 Å². The van der Waals surface area contributed by atoms with Gasteiger partial charge in [-0.25, -0.2) is 9.78 Å². The van der Waals surface area contributed by atoms with E-state index in [0.717, 1.165) is 35.9 Å². The summed E-state index contributed by atoms with van der Waals surface area (Å²) in [6.45, 7) is 4.12. The summed E-state index contributed by atoms with van der Waals surface area (Å²) >= 11 is 0. The highest BCUT2D eigenvalue weighted by atomic mass is 16.2. The maximum atomic E-state index is 12.0. The van der Waals surface area contributed by atoms with E-state index in [-0.39, 0.29) is 6.03 Å². The lowest BCUT2D eigenvalue weighted by Gasteiger charge is -2.17. The van der Waals surface area contributed by atoms with Gasteiger partial charge in [0.25, 0.3) is 0 Å². The number of nitrogens with one attached hydrogen (secondary N) is 2. The number of hydrogen-bond donors (Lipinski definition) is 2. The minimum absolute atomic E-state index is 0.0247. The fraction of sp³-hybridized carbons (Fsp3) is 0.353. The number of H-pyrrole nitrogens is 1. The van der Waals surface area contributed by atoms with E-state index in [1.54, 1.807) is 0 Å². The van der Waals surface area contributed by atoms with E-state index in [1.165, 1.54) is 10.9 Å². The minimum atomic E-state index is 0.0247. The molecule has 1 saturated heterocycles. The maximum Gasteiger partial charge on any atom is 0.317 e. The summed E-state index contributed by atoms with van der Waals surface area (Å²) < 4.78 is 0. The van der Waals surface area contributed by atoms with Crippen molar-refractivity contribution in [2.24, 2.45) is 0 Å². The molecule has 4 rings (SSSR count). The Morgan fingerprint density at radius 3 is 3.22 bits per heavy atom. The van der Waals surface area contributed by atoms with Crippen molar-refractivity contribution in [2.45, 2.75) is 19.3 Å². The van der Waals surface area contributed by atoms with Crippen LogP contribution in [0.5, 0.6) is 0 Å². The fourth-order valence-electron chi connectivity index (χ4n) is 3.48. The molecule has 3 aromatic rings. The zero-order chi connectivity index (χ0) is 15.8. The lowest BCUT2D eigenvalue weighted by Crippen LogP contribution is -2.38. The van der Waals surface area contributed by atoms with Crippen LogP contribution in [0.4, 0.5) is 4.79 Å². The highest BCUT2D eigenvalue weighted by Crippen LogP contribution is 2.34. The van der Waals surface area contributed by atoms with Crippen LogP contribution in [-0.2, 0) is 0 Å². The summed E-state index contributed by atoms with van der Waals surface area (Å²) in [7, 11) is 0. The van der Waals surface area contributed by atoms with Crippen LogP contribution in [-0.4, -0.2) is 45.5 Å². The van der Waals surface area contributed by atoms with Gasteiger partial charge in [0.2, 0.25) is 0 Å². The molecule has 0 saturated carbocycles. The standard InChI is InChI=1S/C17H19N5O/c1-2-19-17(23)22-6-4-11(10-22)14-9-18-7-12-8-21-16-13(15(12)14)3-5-20-16/h3,5,7-9,11H,2,4,6,10H2,1H3,(H,19,23)(H,20,21). The second kappa shape index (κ2) is 5.53. The van der Waals surface area contributed by atoms with Gasteiger partial charge in [-0.15, -0.1) is 0 Å². The van der Waals surface area contributed by atoms with Gasteiger partial charge in [-0.05, 0) is 25.0 Å². The predicted octanol–water partition coefficient (Wildman–Crippen LogP) is 2.63. The van der Waals surface area contributed by atoms with Crippen molar-refractivity contribution in [1.29, 1.82) is 0 Å². The molecule has 1 aliphatic heterocycles. The number of nitrogens with zero attached hydrogens (tertiary/aromatic N) is 3. The van der Waals surface area contributed by atoms with Crippen LogP contribution >= 0.6 is 0 Å². The Labute approximate surface area is 133 Å². The molecule has 1 aliphatic rings. The molecule has 1 atom stereocenters. The molecular formula is C17H19N5O. The van der Waals surface area contributed by atoms with E-state index in [4.69, 9.17) is 0 Å². The minimum Gasteiger partial charge on any atom is -0.346 e. The molecule has 1 fully saturated rings. The van der Waals surface area contributed by atoms with E-state index < -0.39 is 0 Å². The molecule has 2 amide bonds. The number of pyridine rings is 2. The van der Waals surface area contributed by atoms with Crippen LogP contribution in [0.1, 0.15) is 24.8 Å². The zero-order valence-electron chi connectivity index (χ0n) is 13.0. The van der Waals surface area contributed by atoms with Crippen LogP contribution in [0.2, 0.25) is 0 Å². The van der Waals surface area contributed by atoms with E-state index in [2.05, 4.69) is 26.3 Å². The number of urea groups is 1. The first-order valence-electron chi connectivity index (χ1n) is 8.00. The summed E-state index contributed by atoms with van der Waals surface area (Å²) in [5.74, 6) is 0.314. The molecule has 0 aliphatic carbocycles. The van der Waals surface area contributed by atoms with Gasteiger partial charge in [0.1, 0.15) is 5.65 Å². The molecule has 0 bridgehead atoms. The first-order valence-corrected chi connectivity index (χ1v) is 8.00. The van der Waals surface area contributed by atoms with Crippen molar-refractivity contribution >= 4 is 27.8 Å². The number of amides is 2. The molecule has 23 heavy (non-hydrogen) atoms. The quantitative estimate of drug-likeness (QED) is 0.764. The third-order valence-electron chi connectivity index (χ3n) is 4.58. The Kier molecular flexibility index (Phi) is 3.37. The molecule has 0 aromatic carbocycles. The molecule has 0 radical (unpaired) electrons. The molecule has 0 spiro atoms. The summed E-state index contributed by atoms with van der Waals surface area (Å²) in [4.78, 5) is 25.9. The Bertz CT molecular complexity index is 872. The van der Waals surface area contributed by atoms with Gasteiger partial charge in [0.15, 0.2) is 0 Å². The average molecular weight is 309 g/mol. The van der Waals surface area contributed by atoms with Gasteiger partial charge in [-0.2, -0.15) is 0 Å². The zero-order valence-corrected chi connectivity index (χ0v) is 13.0. The molecule has 2 N–H and O–H groups in total. The molecule has 6 nitrogen and oxygen atoms in total. The summed E-state index contributed by atoms with van der Waals surface area (Å²) in [6, 6.07) is 2.08. The molecule has 3 aromatic heterocycles. The number of carbonyl (C=O) groups excluding carboxylic acids is 1. The van der Waals surface area contributed by atoms with E-state index in [9.17, 15) is 4.79 Å². The van der Waals surface area contributed by atoms with Crippen molar-refractivity contribution < 1.29 is 4.79 Å². The third kappa shape index (κ3) is 2.30. The number of likely N-dealkylation sites (tertiary alicyclic amines) is 1. The van der Waals surface area contributed by atoms with Gasteiger partial charge >= 0.3 is 6.03 Å². The van der Waals surface area contributed by atoms with Crippen LogP contribution in [0.3, 0.4) is 0 Å². The SMILES string of the molecule is CCNC(=O)N1CCC(c2cncc3cnc4[nH]ccc4c23)C1.